The molecule has 92 valence electrons. The van der Waals surface area contributed by atoms with E-state index in [1.807, 2.05) is 6.07 Å². The van der Waals surface area contributed by atoms with Crippen LogP contribution in [-0.4, -0.2) is 18.1 Å². The van der Waals surface area contributed by atoms with Gasteiger partial charge in [0.05, 0.1) is 16.4 Å². The fraction of sp³-hybridized carbons (Fsp3) is 0.615. The van der Waals surface area contributed by atoms with Crippen LogP contribution in [0.5, 0.6) is 0 Å². The maximum Gasteiger partial charge on any atom is 0.143 e. The molecule has 17 heavy (non-hydrogen) atoms. The van der Waals surface area contributed by atoms with Gasteiger partial charge in [0.1, 0.15) is 5.82 Å². The Labute approximate surface area is 111 Å². The van der Waals surface area contributed by atoms with E-state index in [2.05, 4.69) is 25.8 Å². The largest absolute Gasteiger partial charge is 0.397 e. The molecule has 2 fully saturated rings. The summed E-state index contributed by atoms with van der Waals surface area (Å²) in [5.74, 6) is 2.85. The molecule has 1 aromatic rings. The summed E-state index contributed by atoms with van der Waals surface area (Å²) in [4.78, 5) is 6.94. The third kappa shape index (κ3) is 2.92. The molecule has 0 amide bonds. The van der Waals surface area contributed by atoms with Gasteiger partial charge >= 0.3 is 0 Å². The summed E-state index contributed by atoms with van der Waals surface area (Å²) in [5.41, 5.74) is 6.46. The summed E-state index contributed by atoms with van der Waals surface area (Å²) in [6.45, 7) is 2.32. The van der Waals surface area contributed by atoms with E-state index >= 15 is 0 Å². The number of nitrogens with zero attached hydrogens (tertiary/aromatic N) is 2. The molecule has 0 spiro atoms. The first-order valence-corrected chi connectivity index (χ1v) is 7.17. The van der Waals surface area contributed by atoms with Crippen molar-refractivity contribution in [2.45, 2.75) is 25.7 Å². The highest BCUT2D eigenvalue weighted by atomic mass is 79.9. The van der Waals surface area contributed by atoms with Crippen LogP contribution in [-0.2, 0) is 0 Å². The van der Waals surface area contributed by atoms with Crippen LogP contribution in [0.15, 0.2) is 16.7 Å². The lowest BCUT2D eigenvalue weighted by atomic mass is 10.3. The van der Waals surface area contributed by atoms with Crippen molar-refractivity contribution in [3.63, 3.8) is 0 Å². The summed E-state index contributed by atoms with van der Waals surface area (Å²) in [6.07, 6.45) is 7.29. The van der Waals surface area contributed by atoms with Gasteiger partial charge in [-0.3, -0.25) is 0 Å². The molecule has 0 saturated heterocycles. The molecule has 2 N–H and O–H groups in total. The second-order valence-electron chi connectivity index (χ2n) is 5.37. The van der Waals surface area contributed by atoms with Crippen molar-refractivity contribution in [3.05, 3.63) is 16.7 Å². The van der Waals surface area contributed by atoms with Gasteiger partial charge in [-0.15, -0.1) is 0 Å². The highest BCUT2D eigenvalue weighted by Gasteiger charge is 2.30. The summed E-state index contributed by atoms with van der Waals surface area (Å²) < 4.78 is 1.03. The van der Waals surface area contributed by atoms with Gasteiger partial charge in [-0.2, -0.15) is 0 Å². The van der Waals surface area contributed by atoms with E-state index in [1.54, 1.807) is 6.20 Å². The van der Waals surface area contributed by atoms with E-state index in [0.717, 1.165) is 40.9 Å². The minimum Gasteiger partial charge on any atom is -0.397 e. The van der Waals surface area contributed by atoms with Gasteiger partial charge in [0.2, 0.25) is 0 Å². The molecule has 1 aromatic heterocycles. The minimum absolute atomic E-state index is 0.721. The molecule has 0 unspecified atom stereocenters. The smallest absolute Gasteiger partial charge is 0.143 e. The van der Waals surface area contributed by atoms with Gasteiger partial charge in [0.25, 0.3) is 0 Å². The average molecular weight is 296 g/mol. The predicted molar refractivity (Wildman–Crippen MR) is 74.0 cm³/mol. The Morgan fingerprint density at radius 1 is 1.24 bits per heavy atom. The number of halogens is 1. The van der Waals surface area contributed by atoms with Crippen LogP contribution in [0.4, 0.5) is 11.5 Å². The number of hydrogen-bond acceptors (Lipinski definition) is 3. The Morgan fingerprint density at radius 2 is 1.82 bits per heavy atom. The lowest BCUT2D eigenvalue weighted by Crippen LogP contribution is -2.29. The first-order valence-electron chi connectivity index (χ1n) is 6.38. The summed E-state index contributed by atoms with van der Waals surface area (Å²) in [6, 6.07) is 1.95. The zero-order valence-corrected chi connectivity index (χ0v) is 11.5. The van der Waals surface area contributed by atoms with Gasteiger partial charge in [-0.25, -0.2) is 4.98 Å². The van der Waals surface area contributed by atoms with Crippen LogP contribution >= 0.6 is 15.9 Å². The molecule has 0 aromatic carbocycles. The number of anilines is 2. The van der Waals surface area contributed by atoms with Gasteiger partial charge in [-0.1, -0.05) is 0 Å². The van der Waals surface area contributed by atoms with Crippen LogP contribution in [0.2, 0.25) is 0 Å². The molecule has 0 radical (unpaired) electrons. The van der Waals surface area contributed by atoms with Crippen molar-refractivity contribution in [1.82, 2.24) is 4.98 Å². The van der Waals surface area contributed by atoms with Gasteiger partial charge in [0, 0.05) is 13.1 Å². The second-order valence-corrected chi connectivity index (χ2v) is 6.22. The normalized spacial score (nSPS) is 19.4. The Morgan fingerprint density at radius 3 is 2.29 bits per heavy atom. The third-order valence-corrected chi connectivity index (χ3v) is 4.08. The molecule has 0 aliphatic heterocycles. The number of rotatable bonds is 5. The lowest BCUT2D eigenvalue weighted by molar-refractivity contribution is 0.670. The minimum atomic E-state index is 0.721. The molecular weight excluding hydrogens is 278 g/mol. The zero-order valence-electron chi connectivity index (χ0n) is 9.90. The van der Waals surface area contributed by atoms with Crippen LogP contribution in [0.1, 0.15) is 25.7 Å². The molecule has 0 atom stereocenters. The standard InChI is InChI=1S/C13H18BrN3/c14-12-5-11(15)6-16-13(12)17(7-9-1-2-9)8-10-3-4-10/h5-6,9-10H,1-4,7-8,15H2. The molecule has 2 aliphatic carbocycles. The molecule has 3 rings (SSSR count). The molecule has 4 heteroatoms. The van der Waals surface area contributed by atoms with E-state index in [1.165, 1.54) is 25.7 Å². The monoisotopic (exact) mass is 295 g/mol. The van der Waals surface area contributed by atoms with Crippen LogP contribution in [0.3, 0.4) is 0 Å². The van der Waals surface area contributed by atoms with Crippen LogP contribution in [0, 0.1) is 11.8 Å². The topological polar surface area (TPSA) is 42.1 Å². The van der Waals surface area contributed by atoms with Gasteiger partial charge in [0.15, 0.2) is 0 Å². The lowest BCUT2D eigenvalue weighted by Gasteiger charge is -2.24. The Bertz CT molecular complexity index is 399. The maximum atomic E-state index is 5.74. The molecule has 3 nitrogen and oxygen atoms in total. The van der Waals surface area contributed by atoms with Crippen molar-refractivity contribution in [2.24, 2.45) is 11.8 Å². The number of pyridine rings is 1. The van der Waals surface area contributed by atoms with Crippen molar-refractivity contribution < 1.29 is 0 Å². The fourth-order valence-electron chi connectivity index (χ4n) is 2.15. The van der Waals surface area contributed by atoms with Gasteiger partial charge in [-0.05, 0) is 59.5 Å². The summed E-state index contributed by atoms with van der Waals surface area (Å²) >= 11 is 3.58. The van der Waals surface area contributed by atoms with Crippen molar-refractivity contribution >= 4 is 27.4 Å². The van der Waals surface area contributed by atoms with E-state index < -0.39 is 0 Å². The van der Waals surface area contributed by atoms with Crippen LogP contribution < -0.4 is 10.6 Å². The Balaban J connectivity index is 1.78. The second kappa shape index (κ2) is 4.48. The highest BCUT2D eigenvalue weighted by Crippen LogP contribution is 2.37. The fourth-order valence-corrected chi connectivity index (χ4v) is 2.77. The quantitative estimate of drug-likeness (QED) is 0.908. The van der Waals surface area contributed by atoms with Crippen LogP contribution in [0.25, 0.3) is 0 Å². The SMILES string of the molecule is Nc1cnc(N(CC2CC2)CC2CC2)c(Br)c1. The summed E-state index contributed by atoms with van der Waals surface area (Å²) in [7, 11) is 0. The Hall–Kier alpha value is -0.770. The zero-order chi connectivity index (χ0) is 11.8. The van der Waals surface area contributed by atoms with Crippen molar-refractivity contribution in [3.8, 4) is 0 Å². The molecule has 2 saturated carbocycles. The maximum absolute atomic E-state index is 5.74. The first kappa shape index (κ1) is 11.3. The third-order valence-electron chi connectivity index (χ3n) is 3.49. The number of aromatic nitrogens is 1. The predicted octanol–water partition coefficient (Wildman–Crippen LogP) is 3.05. The van der Waals surface area contributed by atoms with E-state index in [-0.39, 0.29) is 0 Å². The molecule has 0 bridgehead atoms. The first-order chi connectivity index (χ1) is 8.22. The number of nitrogens with two attached hydrogens (primary N) is 1. The van der Waals surface area contributed by atoms with E-state index in [9.17, 15) is 0 Å². The highest BCUT2D eigenvalue weighted by molar-refractivity contribution is 9.10. The van der Waals surface area contributed by atoms with Gasteiger partial charge < -0.3 is 10.6 Å². The molecule has 2 aliphatic rings. The number of nitrogen functional groups attached to an aromatic ring is 1. The molecule has 1 heterocycles. The summed E-state index contributed by atoms with van der Waals surface area (Å²) in [5, 5.41) is 0. The van der Waals surface area contributed by atoms with E-state index in [4.69, 9.17) is 5.73 Å². The van der Waals surface area contributed by atoms with E-state index in [0.29, 0.717) is 0 Å². The Kier molecular flexibility index (Phi) is 2.99. The van der Waals surface area contributed by atoms with Crippen molar-refractivity contribution in [1.29, 1.82) is 0 Å². The number of hydrogen-bond donors (Lipinski definition) is 1. The molecular formula is C13H18BrN3. The van der Waals surface area contributed by atoms with Crippen molar-refractivity contribution in [2.75, 3.05) is 23.7 Å². The average Bonchev–Trinajstić information content (AvgIpc) is 3.11.